The molecule has 2 N–H and O–H groups in total. The molecule has 1 amide bonds. The smallest absolute Gasteiger partial charge is 0.410 e. The minimum absolute atomic E-state index is 0.265. The third kappa shape index (κ3) is 11.8. The quantitative estimate of drug-likeness (QED) is 0.346. The van der Waals surface area contributed by atoms with E-state index in [-0.39, 0.29) is 12.4 Å². The van der Waals surface area contributed by atoms with Crippen molar-refractivity contribution in [2.45, 2.75) is 59.2 Å². The van der Waals surface area contributed by atoms with E-state index in [1.54, 1.807) is 6.92 Å². The number of ether oxygens (including phenoxy) is 2. The molecule has 0 radical (unpaired) electrons. The van der Waals surface area contributed by atoms with E-state index in [0.29, 0.717) is 6.54 Å². The number of hydrogen-bond donors (Lipinski definition) is 2. The first kappa shape index (κ1) is 18.7. The van der Waals surface area contributed by atoms with E-state index in [9.17, 15) is 9.59 Å². The van der Waals surface area contributed by atoms with Crippen LogP contribution < -0.4 is 10.6 Å². The van der Waals surface area contributed by atoms with Crippen molar-refractivity contribution in [3.05, 3.63) is 0 Å². The summed E-state index contributed by atoms with van der Waals surface area (Å²) in [4.78, 5) is 22.3. The number of hydrogen-bond acceptors (Lipinski definition) is 5. The van der Waals surface area contributed by atoms with Crippen molar-refractivity contribution in [1.82, 2.24) is 10.6 Å². The molecular formula is C14H28N2O4. The van der Waals surface area contributed by atoms with Gasteiger partial charge in [0.1, 0.15) is 0 Å². The molecule has 118 valence electrons. The van der Waals surface area contributed by atoms with Crippen molar-refractivity contribution in [3.8, 4) is 0 Å². The van der Waals surface area contributed by atoms with E-state index < -0.39 is 12.4 Å². The Kier molecular flexibility index (Phi) is 11.9. The molecular weight excluding hydrogens is 260 g/mol. The van der Waals surface area contributed by atoms with Crippen molar-refractivity contribution < 1.29 is 19.1 Å². The van der Waals surface area contributed by atoms with E-state index in [1.807, 2.05) is 0 Å². The summed E-state index contributed by atoms with van der Waals surface area (Å²) < 4.78 is 9.70. The monoisotopic (exact) mass is 288 g/mol. The van der Waals surface area contributed by atoms with Gasteiger partial charge in [-0.1, -0.05) is 20.3 Å². The molecule has 6 nitrogen and oxygen atoms in total. The van der Waals surface area contributed by atoms with Crippen LogP contribution in [0.2, 0.25) is 0 Å². The normalized spacial score (nSPS) is 11.8. The fourth-order valence-corrected chi connectivity index (χ4v) is 1.53. The van der Waals surface area contributed by atoms with Gasteiger partial charge in [-0.25, -0.2) is 4.79 Å². The third-order valence-electron chi connectivity index (χ3n) is 2.59. The fraction of sp³-hybridized carbons (Fsp3) is 0.857. The molecule has 0 aliphatic heterocycles. The van der Waals surface area contributed by atoms with Crippen molar-refractivity contribution in [1.29, 1.82) is 0 Å². The first-order chi connectivity index (χ1) is 9.60. The Morgan fingerprint density at radius 1 is 1.00 bits per heavy atom. The van der Waals surface area contributed by atoms with Crippen molar-refractivity contribution >= 4 is 12.1 Å². The van der Waals surface area contributed by atoms with Gasteiger partial charge in [-0.3, -0.25) is 4.79 Å². The van der Waals surface area contributed by atoms with Gasteiger partial charge in [0.25, 0.3) is 0 Å². The van der Waals surface area contributed by atoms with E-state index >= 15 is 0 Å². The zero-order chi connectivity index (χ0) is 15.2. The van der Waals surface area contributed by atoms with Gasteiger partial charge in [0.05, 0.1) is 0 Å². The SMILES string of the molecule is CCCNCCCCCNC(=O)OC(C)OC(=O)CC. The lowest BCUT2D eigenvalue weighted by Crippen LogP contribution is -2.30. The summed E-state index contributed by atoms with van der Waals surface area (Å²) in [5.74, 6) is -0.384. The maximum atomic E-state index is 11.4. The molecule has 0 aromatic carbocycles. The molecule has 0 aromatic rings. The number of carbonyl (C=O) groups is 2. The van der Waals surface area contributed by atoms with E-state index in [1.165, 1.54) is 6.92 Å². The molecule has 0 aliphatic carbocycles. The summed E-state index contributed by atoms with van der Waals surface area (Å²) in [5, 5.41) is 5.96. The first-order valence-corrected chi connectivity index (χ1v) is 7.44. The van der Waals surface area contributed by atoms with Crippen LogP contribution in [0.25, 0.3) is 0 Å². The van der Waals surface area contributed by atoms with Crippen LogP contribution in [0, 0.1) is 0 Å². The number of unbranched alkanes of at least 4 members (excludes halogenated alkanes) is 2. The second kappa shape index (κ2) is 12.7. The molecule has 0 heterocycles. The molecule has 0 saturated carbocycles. The average molecular weight is 288 g/mol. The topological polar surface area (TPSA) is 76.7 Å². The highest BCUT2D eigenvalue weighted by Gasteiger charge is 2.11. The Labute approximate surface area is 121 Å². The summed E-state index contributed by atoms with van der Waals surface area (Å²) in [7, 11) is 0. The molecule has 0 spiro atoms. The van der Waals surface area contributed by atoms with Crippen LogP contribution in [0.4, 0.5) is 4.79 Å². The lowest BCUT2D eigenvalue weighted by atomic mass is 10.2. The van der Waals surface area contributed by atoms with Gasteiger partial charge >= 0.3 is 12.1 Å². The first-order valence-electron chi connectivity index (χ1n) is 7.44. The molecule has 0 aromatic heterocycles. The molecule has 1 atom stereocenters. The molecule has 20 heavy (non-hydrogen) atoms. The highest BCUT2D eigenvalue weighted by molar-refractivity contribution is 5.70. The largest absolute Gasteiger partial charge is 0.425 e. The Bertz CT molecular complexity index is 272. The summed E-state index contributed by atoms with van der Waals surface area (Å²) in [6.45, 7) is 7.99. The van der Waals surface area contributed by atoms with Crippen LogP contribution in [-0.2, 0) is 14.3 Å². The van der Waals surface area contributed by atoms with E-state index in [2.05, 4.69) is 17.6 Å². The summed E-state index contributed by atoms with van der Waals surface area (Å²) in [6.07, 6.45) is 3.08. The standard InChI is InChI=1S/C14H28N2O4/c1-4-9-15-10-7-6-8-11-16-14(18)20-12(3)19-13(17)5-2/h12,15H,4-11H2,1-3H3,(H,16,18). The second-order valence-corrected chi connectivity index (χ2v) is 4.55. The van der Waals surface area contributed by atoms with Crippen LogP contribution >= 0.6 is 0 Å². The lowest BCUT2D eigenvalue weighted by Gasteiger charge is -2.14. The van der Waals surface area contributed by atoms with Crippen LogP contribution in [0.5, 0.6) is 0 Å². The second-order valence-electron chi connectivity index (χ2n) is 4.55. The van der Waals surface area contributed by atoms with E-state index in [4.69, 9.17) is 9.47 Å². The molecule has 0 aliphatic rings. The van der Waals surface area contributed by atoms with Crippen molar-refractivity contribution in [2.75, 3.05) is 19.6 Å². The molecule has 0 bridgehead atoms. The Morgan fingerprint density at radius 2 is 1.70 bits per heavy atom. The maximum Gasteiger partial charge on any atom is 0.410 e. The van der Waals surface area contributed by atoms with E-state index in [0.717, 1.165) is 38.8 Å². The van der Waals surface area contributed by atoms with Crippen LogP contribution in [0.3, 0.4) is 0 Å². The number of carbonyl (C=O) groups excluding carboxylic acids is 2. The zero-order valence-electron chi connectivity index (χ0n) is 12.9. The Balaban J connectivity index is 3.42. The van der Waals surface area contributed by atoms with Gasteiger partial charge in [-0.2, -0.15) is 0 Å². The predicted octanol–water partition coefficient (Wildman–Crippen LogP) is 2.18. The Hall–Kier alpha value is -1.30. The minimum Gasteiger partial charge on any atom is -0.425 e. The number of esters is 1. The van der Waals surface area contributed by atoms with Crippen LogP contribution in [0.1, 0.15) is 52.9 Å². The number of amides is 1. The predicted molar refractivity (Wildman–Crippen MR) is 77.3 cm³/mol. The zero-order valence-corrected chi connectivity index (χ0v) is 12.9. The number of rotatable bonds is 11. The van der Waals surface area contributed by atoms with Gasteiger partial charge in [0.15, 0.2) is 0 Å². The average Bonchev–Trinajstić information content (AvgIpc) is 2.41. The molecule has 0 saturated heterocycles. The van der Waals surface area contributed by atoms with Crippen LogP contribution in [0.15, 0.2) is 0 Å². The molecule has 6 heteroatoms. The van der Waals surface area contributed by atoms with Gasteiger partial charge in [-0.05, 0) is 32.4 Å². The number of alkyl carbamates (subject to hydrolysis) is 1. The van der Waals surface area contributed by atoms with Crippen LogP contribution in [-0.4, -0.2) is 38.0 Å². The summed E-state index contributed by atoms with van der Waals surface area (Å²) in [5.41, 5.74) is 0. The molecule has 1 unspecified atom stereocenters. The van der Waals surface area contributed by atoms with Gasteiger partial charge in [-0.15, -0.1) is 0 Å². The van der Waals surface area contributed by atoms with Gasteiger partial charge in [0, 0.05) is 19.9 Å². The van der Waals surface area contributed by atoms with Crippen molar-refractivity contribution in [3.63, 3.8) is 0 Å². The highest BCUT2D eigenvalue weighted by Crippen LogP contribution is 1.98. The van der Waals surface area contributed by atoms with Crippen molar-refractivity contribution in [2.24, 2.45) is 0 Å². The highest BCUT2D eigenvalue weighted by atomic mass is 16.7. The summed E-state index contributed by atoms with van der Waals surface area (Å²) in [6, 6.07) is 0. The Morgan fingerprint density at radius 3 is 2.35 bits per heavy atom. The minimum atomic E-state index is -0.847. The molecule has 0 fully saturated rings. The lowest BCUT2D eigenvalue weighted by molar-refractivity contribution is -0.164. The maximum absolute atomic E-state index is 11.4. The third-order valence-corrected chi connectivity index (χ3v) is 2.59. The van der Waals surface area contributed by atoms with Gasteiger partial charge < -0.3 is 20.1 Å². The fourth-order valence-electron chi connectivity index (χ4n) is 1.53. The van der Waals surface area contributed by atoms with Gasteiger partial charge in [0.2, 0.25) is 6.29 Å². The summed E-state index contributed by atoms with van der Waals surface area (Å²) >= 11 is 0. The number of nitrogens with one attached hydrogen (secondary N) is 2. The molecule has 0 rings (SSSR count).